The van der Waals surface area contributed by atoms with Crippen molar-refractivity contribution < 1.29 is 4.74 Å². The van der Waals surface area contributed by atoms with Gasteiger partial charge in [0.2, 0.25) is 0 Å². The Morgan fingerprint density at radius 1 is 1.39 bits per heavy atom. The van der Waals surface area contributed by atoms with E-state index in [2.05, 4.69) is 40.4 Å². The molecular formula is C15H20BrNO. The van der Waals surface area contributed by atoms with E-state index in [1.807, 2.05) is 0 Å². The van der Waals surface area contributed by atoms with Gasteiger partial charge >= 0.3 is 0 Å². The first kappa shape index (κ1) is 12.5. The number of nitrogens with one attached hydrogen (secondary N) is 1. The predicted octanol–water partition coefficient (Wildman–Crippen LogP) is 3.31. The zero-order chi connectivity index (χ0) is 12.5. The van der Waals surface area contributed by atoms with E-state index in [0.29, 0.717) is 0 Å². The number of ether oxygens (including phenoxy) is 1. The molecular weight excluding hydrogens is 290 g/mol. The third-order valence-electron chi connectivity index (χ3n) is 4.28. The molecule has 98 valence electrons. The van der Waals surface area contributed by atoms with Crippen molar-refractivity contribution in [2.24, 2.45) is 5.92 Å². The summed E-state index contributed by atoms with van der Waals surface area (Å²) in [5.41, 5.74) is 2.78. The Kier molecular flexibility index (Phi) is 3.62. The monoisotopic (exact) mass is 309 g/mol. The van der Waals surface area contributed by atoms with E-state index in [4.69, 9.17) is 4.74 Å². The SMILES string of the molecule is CNC1CCC(Cc2cc(Br)cc3c2OCC3)C1. The molecule has 0 amide bonds. The molecule has 1 fully saturated rings. The average molecular weight is 310 g/mol. The summed E-state index contributed by atoms with van der Waals surface area (Å²) >= 11 is 3.62. The van der Waals surface area contributed by atoms with Crippen LogP contribution in [0.25, 0.3) is 0 Å². The van der Waals surface area contributed by atoms with Crippen LogP contribution in [-0.4, -0.2) is 19.7 Å². The molecule has 2 atom stereocenters. The van der Waals surface area contributed by atoms with Crippen LogP contribution in [0, 0.1) is 5.92 Å². The van der Waals surface area contributed by atoms with Crippen molar-refractivity contribution in [3.8, 4) is 5.75 Å². The highest BCUT2D eigenvalue weighted by molar-refractivity contribution is 9.10. The average Bonchev–Trinajstić information content (AvgIpc) is 2.97. The zero-order valence-electron chi connectivity index (χ0n) is 10.8. The number of benzene rings is 1. The number of hydrogen-bond acceptors (Lipinski definition) is 2. The molecule has 3 heteroatoms. The van der Waals surface area contributed by atoms with Gasteiger partial charge in [-0.2, -0.15) is 0 Å². The minimum Gasteiger partial charge on any atom is -0.493 e. The summed E-state index contributed by atoms with van der Waals surface area (Å²) in [6, 6.07) is 5.17. The third-order valence-corrected chi connectivity index (χ3v) is 4.74. The summed E-state index contributed by atoms with van der Waals surface area (Å²) in [5, 5.41) is 3.40. The second-order valence-corrected chi connectivity index (χ2v) is 6.44. The normalized spacial score (nSPS) is 26.1. The van der Waals surface area contributed by atoms with Gasteiger partial charge in [0, 0.05) is 16.9 Å². The number of hydrogen-bond donors (Lipinski definition) is 1. The Hall–Kier alpha value is -0.540. The fourth-order valence-electron chi connectivity index (χ4n) is 3.33. The van der Waals surface area contributed by atoms with Gasteiger partial charge in [0.05, 0.1) is 6.61 Å². The Morgan fingerprint density at radius 2 is 2.28 bits per heavy atom. The van der Waals surface area contributed by atoms with Gasteiger partial charge in [-0.05, 0) is 61.9 Å². The van der Waals surface area contributed by atoms with E-state index in [0.717, 1.165) is 25.0 Å². The highest BCUT2D eigenvalue weighted by Crippen LogP contribution is 2.37. The highest BCUT2D eigenvalue weighted by Gasteiger charge is 2.26. The van der Waals surface area contributed by atoms with Crippen molar-refractivity contribution in [3.63, 3.8) is 0 Å². The van der Waals surface area contributed by atoms with Gasteiger partial charge in [0.1, 0.15) is 5.75 Å². The summed E-state index contributed by atoms with van der Waals surface area (Å²) in [6.45, 7) is 0.850. The predicted molar refractivity (Wildman–Crippen MR) is 77.2 cm³/mol. The summed E-state index contributed by atoms with van der Waals surface area (Å²) in [4.78, 5) is 0. The molecule has 1 aromatic rings. The standard InChI is InChI=1S/C15H20BrNO/c1-17-14-3-2-10(7-14)6-12-9-13(16)8-11-4-5-18-15(11)12/h8-10,14,17H,2-7H2,1H3. The summed E-state index contributed by atoms with van der Waals surface area (Å²) < 4.78 is 7.01. The van der Waals surface area contributed by atoms with Crippen molar-refractivity contribution in [2.45, 2.75) is 38.1 Å². The molecule has 1 N–H and O–H groups in total. The Labute approximate surface area is 117 Å². The van der Waals surface area contributed by atoms with Crippen LogP contribution >= 0.6 is 15.9 Å². The van der Waals surface area contributed by atoms with Crippen LogP contribution in [0.3, 0.4) is 0 Å². The van der Waals surface area contributed by atoms with Crippen molar-refractivity contribution >= 4 is 15.9 Å². The number of fused-ring (bicyclic) bond motifs is 1. The lowest BCUT2D eigenvalue weighted by Gasteiger charge is -2.14. The van der Waals surface area contributed by atoms with E-state index in [-0.39, 0.29) is 0 Å². The quantitative estimate of drug-likeness (QED) is 0.925. The molecule has 0 saturated heterocycles. The van der Waals surface area contributed by atoms with Gasteiger partial charge in [0.15, 0.2) is 0 Å². The topological polar surface area (TPSA) is 21.3 Å². The fourth-order valence-corrected chi connectivity index (χ4v) is 3.88. The van der Waals surface area contributed by atoms with Crippen LogP contribution < -0.4 is 10.1 Å². The molecule has 0 radical (unpaired) electrons. The molecule has 2 aliphatic rings. The maximum atomic E-state index is 5.81. The first-order valence-electron chi connectivity index (χ1n) is 6.87. The van der Waals surface area contributed by atoms with E-state index in [1.54, 1.807) is 0 Å². The second-order valence-electron chi connectivity index (χ2n) is 5.52. The Bertz CT molecular complexity index is 446. The lowest BCUT2D eigenvalue weighted by molar-refractivity contribution is 0.350. The molecule has 1 aromatic carbocycles. The van der Waals surface area contributed by atoms with Crippen molar-refractivity contribution in [2.75, 3.05) is 13.7 Å². The van der Waals surface area contributed by atoms with Crippen LogP contribution in [0.5, 0.6) is 5.75 Å². The van der Waals surface area contributed by atoms with Crippen LogP contribution in [-0.2, 0) is 12.8 Å². The molecule has 0 aromatic heterocycles. The molecule has 1 aliphatic carbocycles. The molecule has 1 aliphatic heterocycles. The molecule has 2 unspecified atom stereocenters. The van der Waals surface area contributed by atoms with E-state index in [9.17, 15) is 0 Å². The molecule has 0 spiro atoms. The van der Waals surface area contributed by atoms with Gasteiger partial charge < -0.3 is 10.1 Å². The van der Waals surface area contributed by atoms with Gasteiger partial charge in [-0.15, -0.1) is 0 Å². The van der Waals surface area contributed by atoms with Gasteiger partial charge in [0.25, 0.3) is 0 Å². The van der Waals surface area contributed by atoms with E-state index in [1.165, 1.54) is 47.0 Å². The molecule has 18 heavy (non-hydrogen) atoms. The first-order valence-corrected chi connectivity index (χ1v) is 7.67. The molecule has 2 nitrogen and oxygen atoms in total. The highest BCUT2D eigenvalue weighted by atomic mass is 79.9. The van der Waals surface area contributed by atoms with Crippen molar-refractivity contribution in [1.29, 1.82) is 0 Å². The largest absolute Gasteiger partial charge is 0.493 e. The van der Waals surface area contributed by atoms with Crippen LogP contribution in [0.1, 0.15) is 30.4 Å². The molecule has 3 rings (SSSR count). The molecule has 0 bridgehead atoms. The van der Waals surface area contributed by atoms with Gasteiger partial charge in [-0.3, -0.25) is 0 Å². The third kappa shape index (κ3) is 2.43. The zero-order valence-corrected chi connectivity index (χ0v) is 12.4. The number of rotatable bonds is 3. The van der Waals surface area contributed by atoms with E-state index >= 15 is 0 Å². The van der Waals surface area contributed by atoms with Crippen LogP contribution in [0.15, 0.2) is 16.6 Å². The minimum atomic E-state index is 0.719. The van der Waals surface area contributed by atoms with Gasteiger partial charge in [-0.1, -0.05) is 15.9 Å². The fraction of sp³-hybridized carbons (Fsp3) is 0.600. The van der Waals surface area contributed by atoms with Crippen LogP contribution in [0.4, 0.5) is 0 Å². The van der Waals surface area contributed by atoms with Crippen LogP contribution in [0.2, 0.25) is 0 Å². The maximum absolute atomic E-state index is 5.81. The molecule has 1 heterocycles. The lowest BCUT2D eigenvalue weighted by Crippen LogP contribution is -2.21. The second kappa shape index (κ2) is 5.22. The summed E-state index contributed by atoms with van der Waals surface area (Å²) in [5.74, 6) is 1.98. The smallest absolute Gasteiger partial charge is 0.125 e. The lowest BCUT2D eigenvalue weighted by atomic mass is 9.95. The van der Waals surface area contributed by atoms with E-state index < -0.39 is 0 Å². The Balaban J connectivity index is 1.77. The Morgan fingerprint density at radius 3 is 3.06 bits per heavy atom. The van der Waals surface area contributed by atoms with Gasteiger partial charge in [-0.25, -0.2) is 0 Å². The summed E-state index contributed by atoms with van der Waals surface area (Å²) in [6.07, 6.45) is 6.19. The van der Waals surface area contributed by atoms with Crippen molar-refractivity contribution in [3.05, 3.63) is 27.7 Å². The maximum Gasteiger partial charge on any atom is 0.125 e. The first-order chi connectivity index (χ1) is 8.76. The van der Waals surface area contributed by atoms with Crippen molar-refractivity contribution in [1.82, 2.24) is 5.32 Å². The molecule has 1 saturated carbocycles. The number of halogens is 1. The summed E-state index contributed by atoms with van der Waals surface area (Å²) in [7, 11) is 2.08. The minimum absolute atomic E-state index is 0.719.